The van der Waals surface area contributed by atoms with Crippen LogP contribution in [-0.4, -0.2) is 56.6 Å². The van der Waals surface area contributed by atoms with E-state index in [1.165, 1.54) is 14.2 Å². The van der Waals surface area contributed by atoms with Crippen LogP contribution >= 0.6 is 0 Å². The van der Waals surface area contributed by atoms with Crippen molar-refractivity contribution in [2.75, 3.05) is 34.5 Å². The molecular formula is C20H21NO9. The quantitative estimate of drug-likeness (QED) is 0.665. The van der Waals surface area contributed by atoms with Gasteiger partial charge in [-0.3, -0.25) is 9.59 Å². The number of carbonyl (C=O) groups is 2. The molecule has 1 aliphatic rings. The normalized spacial score (nSPS) is 13.3. The summed E-state index contributed by atoms with van der Waals surface area (Å²) in [5.74, 6) is -1.95. The monoisotopic (exact) mass is 419 g/mol. The highest BCUT2D eigenvalue weighted by molar-refractivity contribution is 5.92. The number of hydrogen-bond donors (Lipinski definition) is 2. The molecule has 0 saturated carbocycles. The van der Waals surface area contributed by atoms with E-state index in [0.29, 0.717) is 36.0 Å². The zero-order chi connectivity index (χ0) is 21.8. The van der Waals surface area contributed by atoms with Crippen LogP contribution < -0.4 is 19.8 Å². The number of H-pyrrole nitrogens is 1. The van der Waals surface area contributed by atoms with Gasteiger partial charge in [0, 0.05) is 12.1 Å². The summed E-state index contributed by atoms with van der Waals surface area (Å²) in [7, 11) is 3.79. The molecule has 1 aromatic carbocycles. The van der Waals surface area contributed by atoms with E-state index in [1.807, 2.05) is 0 Å². The second-order valence-electron chi connectivity index (χ2n) is 6.37. The first kappa shape index (κ1) is 21.0. The second-order valence-corrected chi connectivity index (χ2v) is 6.37. The summed E-state index contributed by atoms with van der Waals surface area (Å²) in [4.78, 5) is 39.1. The van der Waals surface area contributed by atoms with Gasteiger partial charge < -0.3 is 33.8 Å². The van der Waals surface area contributed by atoms with Crippen molar-refractivity contribution in [2.45, 2.75) is 12.3 Å². The number of rotatable bonds is 6. The van der Waals surface area contributed by atoms with Crippen LogP contribution in [0.4, 0.5) is 0 Å². The number of ether oxygens (including phenoxy) is 5. The minimum Gasteiger partial charge on any atom is -0.506 e. The molecule has 10 nitrogen and oxygen atoms in total. The Balaban J connectivity index is 2.22. The predicted octanol–water partition coefficient (Wildman–Crippen LogP) is 1.34. The van der Waals surface area contributed by atoms with Gasteiger partial charge in [-0.1, -0.05) is 0 Å². The number of aromatic amines is 1. The molecule has 0 radical (unpaired) electrons. The second kappa shape index (κ2) is 8.76. The first-order valence-electron chi connectivity index (χ1n) is 8.98. The Labute approximate surface area is 171 Å². The van der Waals surface area contributed by atoms with E-state index < -0.39 is 29.2 Å². The Hall–Kier alpha value is -3.69. The molecule has 1 aromatic heterocycles. The number of pyridine rings is 1. The lowest BCUT2D eigenvalue weighted by atomic mass is 9.87. The van der Waals surface area contributed by atoms with Crippen LogP contribution in [-0.2, 0) is 14.3 Å². The van der Waals surface area contributed by atoms with Crippen LogP contribution in [0.1, 0.15) is 33.8 Å². The number of methoxy groups -OCH3 is 3. The van der Waals surface area contributed by atoms with Gasteiger partial charge in [-0.05, 0) is 17.7 Å². The van der Waals surface area contributed by atoms with Crippen LogP contribution in [0.2, 0.25) is 0 Å². The molecule has 30 heavy (non-hydrogen) atoms. The third kappa shape index (κ3) is 3.88. The molecule has 2 N–H and O–H groups in total. The van der Waals surface area contributed by atoms with Crippen LogP contribution in [0.15, 0.2) is 23.1 Å². The number of nitrogens with one attached hydrogen (secondary N) is 1. The fourth-order valence-electron chi connectivity index (χ4n) is 3.26. The molecule has 0 amide bonds. The predicted molar refractivity (Wildman–Crippen MR) is 103 cm³/mol. The summed E-state index contributed by atoms with van der Waals surface area (Å²) in [6, 6.07) is 3.17. The molecule has 0 fully saturated rings. The molecule has 1 aliphatic heterocycles. The van der Waals surface area contributed by atoms with E-state index in [0.717, 1.165) is 13.3 Å². The highest BCUT2D eigenvalue weighted by atomic mass is 16.6. The van der Waals surface area contributed by atoms with Crippen LogP contribution in [0.25, 0.3) is 0 Å². The van der Waals surface area contributed by atoms with E-state index in [-0.39, 0.29) is 17.5 Å². The summed E-state index contributed by atoms with van der Waals surface area (Å²) in [5, 5.41) is 10.7. The summed E-state index contributed by atoms with van der Waals surface area (Å²) in [6.45, 7) is 0.654. The minimum atomic E-state index is -0.976. The Morgan fingerprint density at radius 3 is 2.57 bits per heavy atom. The molecule has 0 saturated heterocycles. The topological polar surface area (TPSA) is 133 Å². The highest BCUT2D eigenvalue weighted by Crippen LogP contribution is 2.44. The van der Waals surface area contributed by atoms with Gasteiger partial charge in [-0.25, -0.2) is 4.79 Å². The molecule has 2 aromatic rings. The maximum atomic E-state index is 12.6. The van der Waals surface area contributed by atoms with Crippen molar-refractivity contribution in [3.8, 4) is 23.0 Å². The van der Waals surface area contributed by atoms with Gasteiger partial charge in [0.25, 0.3) is 5.56 Å². The van der Waals surface area contributed by atoms with Crippen molar-refractivity contribution in [3.05, 3.63) is 45.4 Å². The fraction of sp³-hybridized carbons (Fsp3) is 0.350. The molecule has 160 valence electrons. The highest BCUT2D eigenvalue weighted by Gasteiger charge is 2.30. The van der Waals surface area contributed by atoms with Crippen LogP contribution in [0.3, 0.4) is 0 Å². The molecule has 2 heterocycles. The Morgan fingerprint density at radius 2 is 1.90 bits per heavy atom. The largest absolute Gasteiger partial charge is 0.506 e. The molecule has 3 rings (SSSR count). The van der Waals surface area contributed by atoms with Crippen molar-refractivity contribution in [1.29, 1.82) is 0 Å². The van der Waals surface area contributed by atoms with Gasteiger partial charge >= 0.3 is 11.9 Å². The standard InChI is InChI=1S/C20H21NO9/c1-26-13-6-10(7-14-18(13)30-5-4-29-14)11(8-15(22)27-2)16-17(23)12(20(25)28-3)9-21-19(16)24/h6-7,9,11H,4-5,8H2,1-3H3,(H2,21,23,24)/t11-/m0/s1. The molecule has 0 unspecified atom stereocenters. The third-order valence-electron chi connectivity index (χ3n) is 4.71. The van der Waals surface area contributed by atoms with Gasteiger partial charge in [0.1, 0.15) is 24.5 Å². The summed E-state index contributed by atoms with van der Waals surface area (Å²) < 4.78 is 26.0. The van der Waals surface area contributed by atoms with E-state index in [9.17, 15) is 19.5 Å². The van der Waals surface area contributed by atoms with Gasteiger partial charge in [0.2, 0.25) is 5.75 Å². The van der Waals surface area contributed by atoms with E-state index in [4.69, 9.17) is 18.9 Å². The minimum absolute atomic E-state index is 0.193. The number of hydrogen-bond acceptors (Lipinski definition) is 9. The zero-order valence-electron chi connectivity index (χ0n) is 16.6. The van der Waals surface area contributed by atoms with Gasteiger partial charge in [0.05, 0.1) is 33.3 Å². The number of carbonyl (C=O) groups excluding carboxylic acids is 2. The zero-order valence-corrected chi connectivity index (χ0v) is 16.6. The SMILES string of the molecule is COC(=O)C[C@@H](c1cc(OC)c2c(c1)OCCO2)c1c(O)c(C(=O)OC)c[nH]c1=O. The lowest BCUT2D eigenvalue weighted by molar-refractivity contribution is -0.140. The summed E-state index contributed by atoms with van der Waals surface area (Å²) in [6.07, 6.45) is 0.757. The lowest BCUT2D eigenvalue weighted by Gasteiger charge is -2.24. The smallest absolute Gasteiger partial charge is 0.343 e. The lowest BCUT2D eigenvalue weighted by Crippen LogP contribution is -2.22. The Bertz CT molecular complexity index is 1010. The van der Waals surface area contributed by atoms with Crippen molar-refractivity contribution in [3.63, 3.8) is 0 Å². The third-order valence-corrected chi connectivity index (χ3v) is 4.71. The van der Waals surface area contributed by atoms with Crippen molar-refractivity contribution >= 4 is 11.9 Å². The number of aromatic hydroxyl groups is 1. The maximum absolute atomic E-state index is 12.6. The first-order chi connectivity index (χ1) is 14.4. The number of benzene rings is 1. The van der Waals surface area contributed by atoms with Crippen molar-refractivity contribution < 1.29 is 38.4 Å². The average Bonchev–Trinajstić information content (AvgIpc) is 2.76. The maximum Gasteiger partial charge on any atom is 0.343 e. The van der Waals surface area contributed by atoms with E-state index in [2.05, 4.69) is 9.72 Å². The molecule has 0 spiro atoms. The average molecular weight is 419 g/mol. The van der Waals surface area contributed by atoms with Crippen molar-refractivity contribution in [2.24, 2.45) is 0 Å². The van der Waals surface area contributed by atoms with Crippen LogP contribution in [0.5, 0.6) is 23.0 Å². The van der Waals surface area contributed by atoms with Gasteiger partial charge in [-0.2, -0.15) is 0 Å². The molecule has 1 atom stereocenters. The number of aromatic nitrogens is 1. The summed E-state index contributed by atoms with van der Waals surface area (Å²) in [5.41, 5.74) is -0.694. The first-order valence-corrected chi connectivity index (χ1v) is 8.98. The molecule has 10 heteroatoms. The van der Waals surface area contributed by atoms with Gasteiger partial charge in [-0.15, -0.1) is 0 Å². The molecule has 0 aliphatic carbocycles. The van der Waals surface area contributed by atoms with Crippen LogP contribution in [0, 0.1) is 0 Å². The Kier molecular flexibility index (Phi) is 6.14. The van der Waals surface area contributed by atoms with Gasteiger partial charge in [0.15, 0.2) is 11.5 Å². The summed E-state index contributed by atoms with van der Waals surface area (Å²) >= 11 is 0. The fourth-order valence-corrected chi connectivity index (χ4v) is 3.26. The van der Waals surface area contributed by atoms with E-state index in [1.54, 1.807) is 12.1 Å². The number of fused-ring (bicyclic) bond motifs is 1. The Morgan fingerprint density at radius 1 is 1.17 bits per heavy atom. The van der Waals surface area contributed by atoms with E-state index >= 15 is 0 Å². The molecular weight excluding hydrogens is 398 g/mol. The number of esters is 2. The van der Waals surface area contributed by atoms with Crippen molar-refractivity contribution in [1.82, 2.24) is 4.98 Å². The molecule has 0 bridgehead atoms.